The highest BCUT2D eigenvalue weighted by molar-refractivity contribution is 9.13. The zero-order chi connectivity index (χ0) is 14.8. The summed E-state index contributed by atoms with van der Waals surface area (Å²) in [6, 6.07) is 5.77. The summed E-state index contributed by atoms with van der Waals surface area (Å²) in [5, 5.41) is 0. The maximum atomic E-state index is 12.4. The van der Waals surface area contributed by atoms with Crippen molar-refractivity contribution in [3.05, 3.63) is 43.4 Å². The number of carbonyl (C=O) groups excluding carboxylic acids is 1. The molecule has 1 fully saturated rings. The average molecular weight is 434 g/mol. The second kappa shape index (κ2) is 6.64. The van der Waals surface area contributed by atoms with Gasteiger partial charge in [0.2, 0.25) is 0 Å². The predicted molar refractivity (Wildman–Crippen MR) is 89.6 cm³/mol. The lowest BCUT2D eigenvalue weighted by Crippen LogP contribution is -2.48. The molecule has 3 rings (SSSR count). The van der Waals surface area contributed by atoms with Crippen molar-refractivity contribution in [2.75, 3.05) is 26.2 Å². The zero-order valence-corrected chi connectivity index (χ0v) is 15.2. The van der Waals surface area contributed by atoms with Crippen LogP contribution in [0, 0.1) is 0 Å². The molecule has 2 aromatic heterocycles. The zero-order valence-electron chi connectivity index (χ0n) is 11.2. The Hall–Kier alpha value is -0.630. The molecule has 3 heterocycles. The van der Waals surface area contributed by atoms with Gasteiger partial charge in [0.05, 0.1) is 21.5 Å². The van der Waals surface area contributed by atoms with E-state index in [1.165, 1.54) is 11.3 Å². The normalized spacial score (nSPS) is 16.4. The van der Waals surface area contributed by atoms with Gasteiger partial charge < -0.3 is 9.32 Å². The van der Waals surface area contributed by atoms with Crippen molar-refractivity contribution in [1.82, 2.24) is 9.80 Å². The number of hydrogen-bond donors (Lipinski definition) is 0. The third-order valence-electron chi connectivity index (χ3n) is 3.47. The average Bonchev–Trinajstić information content (AvgIpc) is 3.10. The third kappa shape index (κ3) is 3.59. The molecule has 7 heteroatoms. The summed E-state index contributed by atoms with van der Waals surface area (Å²) in [5.74, 6) is 1.09. The van der Waals surface area contributed by atoms with E-state index in [0.717, 1.165) is 51.6 Å². The minimum Gasteiger partial charge on any atom is -0.468 e. The van der Waals surface area contributed by atoms with Crippen molar-refractivity contribution in [1.29, 1.82) is 0 Å². The second-order valence-corrected chi connectivity index (χ2v) is 8.10. The Balaban J connectivity index is 1.56. The summed E-state index contributed by atoms with van der Waals surface area (Å²) < 4.78 is 7.26. The van der Waals surface area contributed by atoms with Crippen LogP contribution in [-0.4, -0.2) is 41.9 Å². The Morgan fingerprint density at radius 2 is 2.05 bits per heavy atom. The Bertz CT molecular complexity index is 599. The van der Waals surface area contributed by atoms with Gasteiger partial charge in [-0.25, -0.2) is 0 Å². The first kappa shape index (κ1) is 15.3. The molecule has 4 nitrogen and oxygen atoms in total. The molecule has 0 spiro atoms. The van der Waals surface area contributed by atoms with Crippen molar-refractivity contribution in [2.45, 2.75) is 6.54 Å². The van der Waals surface area contributed by atoms with Crippen LogP contribution in [0.3, 0.4) is 0 Å². The lowest BCUT2D eigenvalue weighted by molar-refractivity contribution is 0.0625. The molecule has 0 bridgehead atoms. The Morgan fingerprint density at radius 1 is 1.29 bits per heavy atom. The number of hydrogen-bond acceptors (Lipinski definition) is 4. The van der Waals surface area contributed by atoms with E-state index in [0.29, 0.717) is 0 Å². The fraction of sp³-hybridized carbons (Fsp3) is 0.357. The van der Waals surface area contributed by atoms with E-state index in [9.17, 15) is 4.79 Å². The van der Waals surface area contributed by atoms with Gasteiger partial charge in [0.1, 0.15) is 5.76 Å². The summed E-state index contributed by atoms with van der Waals surface area (Å²) in [6.07, 6.45) is 1.70. The van der Waals surface area contributed by atoms with E-state index < -0.39 is 0 Å². The van der Waals surface area contributed by atoms with E-state index in [2.05, 4.69) is 36.8 Å². The molecule has 0 N–H and O–H groups in total. The number of carbonyl (C=O) groups is 1. The quantitative estimate of drug-likeness (QED) is 0.738. The van der Waals surface area contributed by atoms with Crippen LogP contribution in [0.15, 0.2) is 37.1 Å². The van der Waals surface area contributed by atoms with Gasteiger partial charge in [0.15, 0.2) is 0 Å². The molecule has 1 aliphatic heterocycles. The van der Waals surface area contributed by atoms with Crippen LogP contribution in [0.4, 0.5) is 0 Å². The Kier molecular flexibility index (Phi) is 4.83. The molecule has 0 unspecified atom stereocenters. The first-order valence-electron chi connectivity index (χ1n) is 6.62. The minimum atomic E-state index is 0.115. The van der Waals surface area contributed by atoms with Gasteiger partial charge in [-0.05, 0) is 50.1 Å². The summed E-state index contributed by atoms with van der Waals surface area (Å²) in [4.78, 5) is 17.4. The van der Waals surface area contributed by atoms with Crippen LogP contribution in [-0.2, 0) is 6.54 Å². The lowest BCUT2D eigenvalue weighted by atomic mass is 10.2. The fourth-order valence-corrected chi connectivity index (χ4v) is 4.34. The molecule has 1 aliphatic rings. The van der Waals surface area contributed by atoms with E-state index >= 15 is 0 Å². The number of furan rings is 1. The van der Waals surface area contributed by atoms with Crippen LogP contribution in [0.2, 0.25) is 0 Å². The standard InChI is InChI=1S/C14H14Br2N2O2S/c15-11-8-12(21-13(11)16)14(19)18-5-3-17(4-6-18)9-10-2-1-7-20-10/h1-2,7-8H,3-6,9H2. The number of rotatable bonds is 3. The molecule has 0 aliphatic carbocycles. The van der Waals surface area contributed by atoms with Crippen LogP contribution < -0.4 is 0 Å². The Labute approximate surface area is 144 Å². The molecule has 0 radical (unpaired) electrons. The summed E-state index contributed by atoms with van der Waals surface area (Å²) >= 11 is 8.33. The Morgan fingerprint density at radius 3 is 2.62 bits per heavy atom. The van der Waals surface area contributed by atoms with Gasteiger partial charge in [-0.3, -0.25) is 9.69 Å². The van der Waals surface area contributed by atoms with Gasteiger partial charge in [0.25, 0.3) is 5.91 Å². The van der Waals surface area contributed by atoms with Crippen molar-refractivity contribution < 1.29 is 9.21 Å². The molecule has 1 amide bonds. The predicted octanol–water partition coefficient (Wildman–Crippen LogP) is 3.82. The topological polar surface area (TPSA) is 36.7 Å². The molecule has 0 saturated carbocycles. The highest BCUT2D eigenvalue weighted by Crippen LogP contribution is 2.33. The van der Waals surface area contributed by atoms with Crippen molar-refractivity contribution >= 4 is 49.1 Å². The number of piperazine rings is 1. The minimum absolute atomic E-state index is 0.115. The van der Waals surface area contributed by atoms with Gasteiger partial charge >= 0.3 is 0 Å². The largest absolute Gasteiger partial charge is 0.468 e. The summed E-state index contributed by atoms with van der Waals surface area (Å²) in [7, 11) is 0. The maximum Gasteiger partial charge on any atom is 0.264 e. The van der Waals surface area contributed by atoms with Gasteiger partial charge in [-0.15, -0.1) is 11.3 Å². The SMILES string of the molecule is O=C(c1cc(Br)c(Br)s1)N1CCN(Cc2ccco2)CC1. The number of halogens is 2. The molecule has 0 atom stereocenters. The van der Waals surface area contributed by atoms with Crippen LogP contribution in [0.5, 0.6) is 0 Å². The molecule has 0 aromatic carbocycles. The monoisotopic (exact) mass is 432 g/mol. The van der Waals surface area contributed by atoms with Crippen molar-refractivity contribution in [2.24, 2.45) is 0 Å². The summed E-state index contributed by atoms with van der Waals surface area (Å²) in [6.45, 7) is 4.07. The van der Waals surface area contributed by atoms with Crippen LogP contribution in [0.25, 0.3) is 0 Å². The second-order valence-electron chi connectivity index (χ2n) is 4.88. The maximum absolute atomic E-state index is 12.4. The highest BCUT2D eigenvalue weighted by atomic mass is 79.9. The van der Waals surface area contributed by atoms with E-state index in [1.54, 1.807) is 6.26 Å². The number of nitrogens with zero attached hydrogens (tertiary/aromatic N) is 2. The fourth-order valence-electron chi connectivity index (χ4n) is 2.34. The van der Waals surface area contributed by atoms with Crippen LogP contribution in [0.1, 0.15) is 15.4 Å². The van der Waals surface area contributed by atoms with Crippen molar-refractivity contribution in [3.63, 3.8) is 0 Å². The first-order valence-corrected chi connectivity index (χ1v) is 9.02. The molecular weight excluding hydrogens is 420 g/mol. The number of amides is 1. The number of thiophene rings is 1. The van der Waals surface area contributed by atoms with Gasteiger partial charge in [-0.2, -0.15) is 0 Å². The highest BCUT2D eigenvalue weighted by Gasteiger charge is 2.24. The molecule has 2 aromatic rings. The van der Waals surface area contributed by atoms with E-state index in [-0.39, 0.29) is 5.91 Å². The molecular formula is C14H14Br2N2O2S. The van der Waals surface area contributed by atoms with Crippen LogP contribution >= 0.6 is 43.2 Å². The lowest BCUT2D eigenvalue weighted by Gasteiger charge is -2.34. The van der Waals surface area contributed by atoms with E-state index in [4.69, 9.17) is 4.42 Å². The van der Waals surface area contributed by atoms with Gasteiger partial charge in [-0.1, -0.05) is 0 Å². The van der Waals surface area contributed by atoms with Crippen molar-refractivity contribution in [3.8, 4) is 0 Å². The molecule has 1 saturated heterocycles. The first-order chi connectivity index (χ1) is 10.1. The molecule has 21 heavy (non-hydrogen) atoms. The van der Waals surface area contributed by atoms with Gasteiger partial charge in [0, 0.05) is 30.7 Å². The smallest absolute Gasteiger partial charge is 0.264 e. The summed E-state index contributed by atoms with van der Waals surface area (Å²) in [5.41, 5.74) is 0. The van der Waals surface area contributed by atoms with E-state index in [1.807, 2.05) is 23.1 Å². The molecule has 112 valence electrons. The third-order valence-corrected chi connectivity index (χ3v) is 6.72.